The first-order chi connectivity index (χ1) is 12.9. The van der Waals surface area contributed by atoms with Crippen LogP contribution in [0, 0.1) is 13.8 Å². The zero-order chi connectivity index (χ0) is 19.0. The van der Waals surface area contributed by atoms with Crippen molar-refractivity contribution in [1.29, 1.82) is 0 Å². The standard InChI is InChI=1S/C22H12O4S/c1-9-4-6-12-13(7-9)18(24)16-15-17(23)11-5-3-10(2)8-14(11)20(26)22(15)27-21(16)19(12)25/h3-8H,1-2H3. The van der Waals surface area contributed by atoms with E-state index >= 15 is 0 Å². The van der Waals surface area contributed by atoms with Crippen LogP contribution in [0.25, 0.3) is 41.7 Å². The Morgan fingerprint density at radius 3 is 1.52 bits per heavy atom. The molecule has 0 spiro atoms. The molecule has 4 nitrogen and oxygen atoms in total. The summed E-state index contributed by atoms with van der Waals surface area (Å²) in [6.45, 7) is 3.68. The van der Waals surface area contributed by atoms with Crippen molar-refractivity contribution < 1.29 is 0 Å². The molecule has 0 radical (unpaired) electrons. The average molecular weight is 372 g/mol. The smallest absolute Gasteiger partial charge is 0.204 e. The fourth-order valence-corrected chi connectivity index (χ4v) is 4.99. The number of thiophene rings is 1. The summed E-state index contributed by atoms with van der Waals surface area (Å²) in [4.78, 5) is 52.2. The minimum atomic E-state index is -0.366. The molecule has 0 N–H and O–H groups in total. The van der Waals surface area contributed by atoms with Crippen molar-refractivity contribution in [3.8, 4) is 0 Å². The highest BCUT2D eigenvalue weighted by molar-refractivity contribution is 7.25. The molecule has 5 heteroatoms. The molecule has 0 amide bonds. The van der Waals surface area contributed by atoms with Crippen LogP contribution in [0.15, 0.2) is 55.6 Å². The first kappa shape index (κ1) is 16.0. The number of benzene rings is 4. The number of hydrogen-bond donors (Lipinski definition) is 0. The van der Waals surface area contributed by atoms with Crippen LogP contribution in [0.3, 0.4) is 0 Å². The third-order valence-electron chi connectivity index (χ3n) is 5.10. The van der Waals surface area contributed by atoms with Gasteiger partial charge in [-0.25, -0.2) is 0 Å². The van der Waals surface area contributed by atoms with E-state index in [1.165, 1.54) is 0 Å². The van der Waals surface area contributed by atoms with Gasteiger partial charge in [-0.3, -0.25) is 19.2 Å². The molecule has 1 aromatic heterocycles. The molecule has 0 aliphatic heterocycles. The SMILES string of the molecule is Cc1ccc2c(=O)c3c(sc4c(=O)c5ccc(C)cc5c(=O)c43)c(=O)c2c1. The second kappa shape index (κ2) is 5.18. The maximum Gasteiger partial charge on any atom is 0.204 e. The van der Waals surface area contributed by atoms with Gasteiger partial charge in [0, 0.05) is 21.5 Å². The highest BCUT2D eigenvalue weighted by Crippen LogP contribution is 2.29. The summed E-state index contributed by atoms with van der Waals surface area (Å²) in [5, 5.41) is 1.41. The fourth-order valence-electron chi connectivity index (χ4n) is 3.79. The van der Waals surface area contributed by atoms with Gasteiger partial charge < -0.3 is 0 Å². The molecule has 1 heterocycles. The lowest BCUT2D eigenvalue weighted by atomic mass is 10.0. The molecule has 4 aromatic carbocycles. The van der Waals surface area contributed by atoms with Crippen LogP contribution in [0.5, 0.6) is 0 Å². The van der Waals surface area contributed by atoms with Gasteiger partial charge in [-0.15, -0.1) is 11.3 Å². The Hall–Kier alpha value is -3.18. The van der Waals surface area contributed by atoms with E-state index in [9.17, 15) is 19.2 Å². The predicted octanol–water partition coefficient (Wildman–Crippen LogP) is 3.29. The van der Waals surface area contributed by atoms with Crippen molar-refractivity contribution in [1.82, 2.24) is 0 Å². The van der Waals surface area contributed by atoms with E-state index in [1.807, 2.05) is 13.8 Å². The monoisotopic (exact) mass is 372 g/mol. The first-order valence-corrected chi connectivity index (χ1v) is 9.27. The Labute approximate surface area is 155 Å². The van der Waals surface area contributed by atoms with Crippen LogP contribution in [0.1, 0.15) is 11.1 Å². The van der Waals surface area contributed by atoms with E-state index in [1.54, 1.807) is 36.4 Å². The normalized spacial score (nSPS) is 11.9. The highest BCUT2D eigenvalue weighted by Gasteiger charge is 2.21. The Kier molecular flexibility index (Phi) is 3.07. The number of hydrogen-bond acceptors (Lipinski definition) is 5. The molecule has 0 aliphatic carbocycles. The summed E-state index contributed by atoms with van der Waals surface area (Å²) in [6, 6.07) is 10.1. The zero-order valence-corrected chi connectivity index (χ0v) is 15.3. The molecule has 0 aliphatic rings. The molecule has 0 atom stereocenters. The van der Waals surface area contributed by atoms with E-state index < -0.39 is 0 Å². The van der Waals surface area contributed by atoms with Crippen LogP contribution in [-0.4, -0.2) is 0 Å². The molecule has 0 bridgehead atoms. The number of rotatable bonds is 0. The molecular formula is C22H12O4S. The predicted molar refractivity (Wildman–Crippen MR) is 111 cm³/mol. The summed E-state index contributed by atoms with van der Waals surface area (Å²) >= 11 is 0.958. The lowest BCUT2D eigenvalue weighted by molar-refractivity contribution is 1.50. The molecule has 0 fully saturated rings. The third kappa shape index (κ3) is 1.97. The Morgan fingerprint density at radius 2 is 0.963 bits per heavy atom. The van der Waals surface area contributed by atoms with Crippen molar-refractivity contribution in [2.24, 2.45) is 0 Å². The zero-order valence-electron chi connectivity index (χ0n) is 14.5. The molecule has 27 heavy (non-hydrogen) atoms. The number of aryl methyl sites for hydroxylation is 2. The quantitative estimate of drug-likeness (QED) is 0.418. The summed E-state index contributed by atoms with van der Waals surface area (Å²) in [5.74, 6) is 0. The van der Waals surface area contributed by atoms with Gasteiger partial charge in [-0.05, 0) is 32.0 Å². The fraction of sp³-hybridized carbons (Fsp3) is 0.0909. The minimum absolute atomic E-state index is 0.0851. The summed E-state index contributed by atoms with van der Waals surface area (Å²) in [5.41, 5.74) is 0.385. The lowest BCUT2D eigenvalue weighted by Gasteiger charge is -2.00. The Bertz CT molecular complexity index is 1670. The van der Waals surface area contributed by atoms with Crippen LogP contribution in [0.4, 0.5) is 0 Å². The van der Waals surface area contributed by atoms with Gasteiger partial charge in [0.25, 0.3) is 0 Å². The largest absolute Gasteiger partial charge is 0.289 e. The second-order valence-corrected chi connectivity index (χ2v) is 7.95. The Morgan fingerprint density at radius 1 is 0.556 bits per heavy atom. The summed E-state index contributed by atoms with van der Waals surface area (Å²) < 4.78 is 0.377. The molecule has 0 unspecified atom stereocenters. The first-order valence-electron chi connectivity index (χ1n) is 8.45. The van der Waals surface area contributed by atoms with Crippen LogP contribution in [0.2, 0.25) is 0 Å². The average Bonchev–Trinajstić information content (AvgIpc) is 3.05. The van der Waals surface area contributed by atoms with Crippen molar-refractivity contribution >= 4 is 53.1 Å². The van der Waals surface area contributed by atoms with Crippen molar-refractivity contribution in [2.45, 2.75) is 13.8 Å². The van der Waals surface area contributed by atoms with Gasteiger partial charge in [0.15, 0.2) is 10.9 Å². The summed E-state index contributed by atoms with van der Waals surface area (Å²) in [7, 11) is 0. The van der Waals surface area contributed by atoms with E-state index in [0.717, 1.165) is 22.5 Å². The van der Waals surface area contributed by atoms with E-state index in [0.29, 0.717) is 16.2 Å². The minimum Gasteiger partial charge on any atom is -0.289 e. The van der Waals surface area contributed by atoms with Crippen molar-refractivity contribution in [3.05, 3.63) is 88.4 Å². The molecule has 0 saturated carbocycles. The third-order valence-corrected chi connectivity index (χ3v) is 6.29. The van der Waals surface area contributed by atoms with Crippen molar-refractivity contribution in [2.75, 3.05) is 0 Å². The van der Waals surface area contributed by atoms with Crippen LogP contribution >= 0.6 is 11.3 Å². The van der Waals surface area contributed by atoms with Gasteiger partial charge in [-0.1, -0.05) is 29.3 Å². The van der Waals surface area contributed by atoms with E-state index in [-0.39, 0.29) is 47.3 Å². The molecule has 130 valence electrons. The lowest BCUT2D eigenvalue weighted by Crippen LogP contribution is -2.15. The van der Waals surface area contributed by atoms with Crippen LogP contribution in [-0.2, 0) is 0 Å². The maximum absolute atomic E-state index is 13.1. The van der Waals surface area contributed by atoms with Gasteiger partial charge in [0.1, 0.15) is 0 Å². The topological polar surface area (TPSA) is 68.3 Å². The van der Waals surface area contributed by atoms with E-state index in [4.69, 9.17) is 0 Å². The van der Waals surface area contributed by atoms with Gasteiger partial charge in [0.2, 0.25) is 10.9 Å². The highest BCUT2D eigenvalue weighted by atomic mass is 32.1. The van der Waals surface area contributed by atoms with Crippen LogP contribution < -0.4 is 21.7 Å². The van der Waals surface area contributed by atoms with Gasteiger partial charge in [0.05, 0.1) is 20.2 Å². The molecule has 0 saturated heterocycles. The molecule has 5 aromatic rings. The van der Waals surface area contributed by atoms with Crippen molar-refractivity contribution in [3.63, 3.8) is 0 Å². The van der Waals surface area contributed by atoms with Gasteiger partial charge in [-0.2, -0.15) is 0 Å². The number of fused-ring (bicyclic) bond motifs is 5. The summed E-state index contributed by atoms with van der Waals surface area (Å²) in [6.07, 6.45) is 0. The molecule has 5 rings (SSSR count). The molecular weight excluding hydrogens is 360 g/mol. The van der Waals surface area contributed by atoms with Gasteiger partial charge >= 0.3 is 0 Å². The Balaban J connectivity index is 2.20. The van der Waals surface area contributed by atoms with E-state index in [2.05, 4.69) is 0 Å². The second-order valence-electron chi connectivity index (χ2n) is 6.92. The maximum atomic E-state index is 13.1.